The highest BCUT2D eigenvalue weighted by atomic mass is 32.2. The van der Waals surface area contributed by atoms with Crippen molar-refractivity contribution in [2.45, 2.75) is 37.5 Å². The van der Waals surface area contributed by atoms with Crippen LogP contribution in [0.1, 0.15) is 31.7 Å². The summed E-state index contributed by atoms with van der Waals surface area (Å²) in [4.78, 5) is 11.9. The number of primary amides is 1. The third-order valence-electron chi connectivity index (χ3n) is 5.66. The normalized spacial score (nSPS) is 16.9. The summed E-state index contributed by atoms with van der Waals surface area (Å²) >= 11 is 0. The number of benzene rings is 2. The zero-order chi connectivity index (χ0) is 21.8. The maximum absolute atomic E-state index is 13.1. The fourth-order valence-corrected chi connectivity index (χ4v) is 5.20. The average Bonchev–Trinajstić information content (AvgIpc) is 2.73. The number of carbonyl (C=O) groups excluding carboxylic acids is 1. The van der Waals surface area contributed by atoms with Crippen LogP contribution in [0.2, 0.25) is 0 Å². The summed E-state index contributed by atoms with van der Waals surface area (Å²) in [5.41, 5.74) is 5.98. The van der Waals surface area contributed by atoms with E-state index in [1.807, 2.05) is 19.1 Å². The van der Waals surface area contributed by atoms with E-state index < -0.39 is 21.3 Å². The van der Waals surface area contributed by atoms with Gasteiger partial charge in [0, 0.05) is 24.9 Å². The minimum Gasteiger partial charge on any atom is -0.493 e. The molecular formula is C22H27FN2O4S. The van der Waals surface area contributed by atoms with Crippen LogP contribution in [0.3, 0.4) is 0 Å². The molecule has 0 saturated carbocycles. The maximum atomic E-state index is 13.1. The van der Waals surface area contributed by atoms with Crippen LogP contribution < -0.4 is 10.5 Å². The van der Waals surface area contributed by atoms with Crippen LogP contribution in [0.25, 0.3) is 0 Å². The number of nitrogens with zero attached hydrogens (tertiary/aromatic N) is 1. The lowest BCUT2D eigenvalue weighted by molar-refractivity contribution is -0.121. The molecule has 1 amide bonds. The second-order valence-electron chi connectivity index (χ2n) is 7.79. The second kappa shape index (κ2) is 9.14. The summed E-state index contributed by atoms with van der Waals surface area (Å²) in [5, 5.41) is 0. The van der Waals surface area contributed by atoms with Gasteiger partial charge in [0.1, 0.15) is 11.6 Å². The number of amides is 1. The number of sulfonamides is 1. The van der Waals surface area contributed by atoms with Crippen LogP contribution in [0.15, 0.2) is 53.4 Å². The van der Waals surface area contributed by atoms with E-state index in [9.17, 15) is 17.6 Å². The summed E-state index contributed by atoms with van der Waals surface area (Å²) in [6.45, 7) is 2.77. The van der Waals surface area contributed by atoms with Gasteiger partial charge >= 0.3 is 0 Å². The highest BCUT2D eigenvalue weighted by Gasteiger charge is 2.40. The van der Waals surface area contributed by atoms with Gasteiger partial charge in [-0.1, -0.05) is 19.1 Å². The number of halogens is 1. The zero-order valence-corrected chi connectivity index (χ0v) is 17.8. The van der Waals surface area contributed by atoms with Crippen molar-refractivity contribution in [2.24, 2.45) is 11.1 Å². The van der Waals surface area contributed by atoms with Crippen LogP contribution >= 0.6 is 0 Å². The number of rotatable bonds is 8. The number of aryl methyl sites for hydroxylation is 1. The first-order valence-electron chi connectivity index (χ1n) is 10.00. The Balaban J connectivity index is 1.70. The molecule has 1 aliphatic rings. The molecule has 0 spiro atoms. The van der Waals surface area contributed by atoms with E-state index in [2.05, 4.69) is 0 Å². The molecule has 30 heavy (non-hydrogen) atoms. The maximum Gasteiger partial charge on any atom is 0.243 e. The van der Waals surface area contributed by atoms with Crippen LogP contribution in [-0.2, 0) is 21.2 Å². The molecule has 8 heteroatoms. The van der Waals surface area contributed by atoms with Gasteiger partial charge < -0.3 is 10.5 Å². The van der Waals surface area contributed by atoms with Crippen LogP contribution in [0.4, 0.5) is 4.39 Å². The molecule has 6 nitrogen and oxygen atoms in total. The molecule has 0 unspecified atom stereocenters. The topological polar surface area (TPSA) is 89.7 Å². The smallest absolute Gasteiger partial charge is 0.243 e. The Morgan fingerprint density at radius 3 is 2.23 bits per heavy atom. The summed E-state index contributed by atoms with van der Waals surface area (Å²) in [5.74, 6) is -0.324. The quantitative estimate of drug-likeness (QED) is 0.691. The fraction of sp³-hybridized carbons (Fsp3) is 0.409. The van der Waals surface area contributed by atoms with Crippen molar-refractivity contribution in [3.8, 4) is 5.75 Å². The number of hydrogen-bond donors (Lipinski definition) is 1. The van der Waals surface area contributed by atoms with E-state index in [1.165, 1.54) is 28.6 Å². The third-order valence-corrected chi connectivity index (χ3v) is 7.57. The number of carbonyl (C=O) groups is 1. The lowest BCUT2D eigenvalue weighted by Gasteiger charge is -2.40. The highest BCUT2D eigenvalue weighted by molar-refractivity contribution is 7.89. The Hall–Kier alpha value is -2.45. The van der Waals surface area contributed by atoms with E-state index in [4.69, 9.17) is 10.5 Å². The molecule has 2 aromatic carbocycles. The molecule has 1 saturated heterocycles. The van der Waals surface area contributed by atoms with Gasteiger partial charge in [-0.3, -0.25) is 4.79 Å². The molecule has 1 heterocycles. The first-order chi connectivity index (χ1) is 14.2. The number of hydrogen-bond acceptors (Lipinski definition) is 4. The van der Waals surface area contributed by atoms with Gasteiger partial charge in [-0.15, -0.1) is 0 Å². The molecule has 0 bridgehead atoms. The summed E-state index contributed by atoms with van der Waals surface area (Å²) < 4.78 is 46.3. The van der Waals surface area contributed by atoms with Crippen LogP contribution in [0.5, 0.6) is 5.75 Å². The largest absolute Gasteiger partial charge is 0.493 e. The SMILES string of the molecule is CCc1ccc(S(=O)(=O)N2CCC(COc3ccc(F)cc3)(CC(N)=O)CC2)cc1. The van der Waals surface area contributed by atoms with Gasteiger partial charge in [0.15, 0.2) is 0 Å². The number of piperidine rings is 1. The number of ether oxygens (including phenoxy) is 1. The van der Waals surface area contributed by atoms with E-state index >= 15 is 0 Å². The second-order valence-corrected chi connectivity index (χ2v) is 9.73. The minimum atomic E-state index is -3.60. The molecule has 0 radical (unpaired) electrons. The van der Waals surface area contributed by atoms with Crippen molar-refractivity contribution < 1.29 is 22.3 Å². The fourth-order valence-electron chi connectivity index (χ4n) is 3.76. The molecule has 0 aliphatic carbocycles. The predicted octanol–water partition coefficient (Wildman–Crippen LogP) is 3.11. The van der Waals surface area contributed by atoms with E-state index in [1.54, 1.807) is 12.1 Å². The molecule has 162 valence electrons. The molecule has 2 N–H and O–H groups in total. The Morgan fingerprint density at radius 1 is 1.10 bits per heavy atom. The van der Waals surface area contributed by atoms with E-state index in [0.717, 1.165) is 12.0 Å². The Bertz CT molecular complexity index is 967. The zero-order valence-electron chi connectivity index (χ0n) is 17.0. The molecule has 0 aromatic heterocycles. The lowest BCUT2D eigenvalue weighted by Crippen LogP contribution is -2.47. The van der Waals surface area contributed by atoms with E-state index in [0.29, 0.717) is 18.6 Å². The third kappa shape index (κ3) is 5.17. The summed E-state index contributed by atoms with van der Waals surface area (Å²) in [6.07, 6.45) is 1.84. The number of nitrogens with two attached hydrogens (primary N) is 1. The Kier molecular flexibility index (Phi) is 6.77. The van der Waals surface area contributed by atoms with Gasteiger partial charge in [-0.2, -0.15) is 4.31 Å². The minimum absolute atomic E-state index is 0.104. The standard InChI is InChI=1S/C22H27FN2O4S/c1-2-17-3-9-20(10-4-17)30(27,28)25-13-11-22(12-14-25,15-21(24)26)16-29-19-7-5-18(23)6-8-19/h3-10H,2,11-16H2,1H3,(H2,24,26). The predicted molar refractivity (Wildman–Crippen MR) is 112 cm³/mol. The first-order valence-corrected chi connectivity index (χ1v) is 11.4. The van der Waals surface area contributed by atoms with Gasteiger partial charge in [-0.25, -0.2) is 12.8 Å². The van der Waals surface area contributed by atoms with Crippen LogP contribution in [-0.4, -0.2) is 38.3 Å². The first kappa shape index (κ1) is 22.2. The van der Waals surface area contributed by atoms with Crippen molar-refractivity contribution in [3.63, 3.8) is 0 Å². The molecular weight excluding hydrogens is 407 g/mol. The van der Waals surface area contributed by atoms with Crippen molar-refractivity contribution in [2.75, 3.05) is 19.7 Å². The Labute approximate surface area is 176 Å². The molecule has 2 aromatic rings. The van der Waals surface area contributed by atoms with Gasteiger partial charge in [0.05, 0.1) is 11.5 Å². The lowest BCUT2D eigenvalue weighted by atomic mass is 9.76. The van der Waals surface area contributed by atoms with Crippen molar-refractivity contribution >= 4 is 15.9 Å². The van der Waals surface area contributed by atoms with Crippen molar-refractivity contribution in [3.05, 3.63) is 59.9 Å². The van der Waals surface area contributed by atoms with Crippen LogP contribution in [0, 0.1) is 11.2 Å². The van der Waals surface area contributed by atoms with Gasteiger partial charge in [-0.05, 0) is 61.2 Å². The Morgan fingerprint density at radius 2 is 1.70 bits per heavy atom. The molecule has 1 aliphatic heterocycles. The summed E-state index contributed by atoms with van der Waals surface area (Å²) in [6, 6.07) is 12.6. The van der Waals surface area contributed by atoms with Gasteiger partial charge in [0.25, 0.3) is 0 Å². The average molecular weight is 435 g/mol. The highest BCUT2D eigenvalue weighted by Crippen LogP contribution is 2.37. The van der Waals surface area contributed by atoms with Gasteiger partial charge in [0.2, 0.25) is 15.9 Å². The summed E-state index contributed by atoms with van der Waals surface area (Å²) in [7, 11) is -3.60. The molecule has 0 atom stereocenters. The monoisotopic (exact) mass is 434 g/mol. The van der Waals surface area contributed by atoms with Crippen molar-refractivity contribution in [1.82, 2.24) is 4.31 Å². The van der Waals surface area contributed by atoms with E-state index in [-0.39, 0.29) is 36.8 Å². The molecule has 1 fully saturated rings. The molecule has 3 rings (SSSR count). The van der Waals surface area contributed by atoms with Crippen molar-refractivity contribution in [1.29, 1.82) is 0 Å².